The van der Waals surface area contributed by atoms with Gasteiger partial charge >= 0.3 is 0 Å². The van der Waals surface area contributed by atoms with E-state index in [2.05, 4.69) is 13.8 Å². The van der Waals surface area contributed by atoms with Crippen molar-refractivity contribution in [2.24, 2.45) is 11.8 Å². The maximum atomic E-state index is 3.92. The molecule has 0 unspecified atom stereocenters. The van der Waals surface area contributed by atoms with Crippen LogP contribution in [-0.2, 0) is 0 Å². The van der Waals surface area contributed by atoms with Crippen molar-refractivity contribution in [2.75, 3.05) is 0 Å². The van der Waals surface area contributed by atoms with Gasteiger partial charge in [0.05, 0.1) is 0 Å². The third-order valence-corrected chi connectivity index (χ3v) is 1.80. The van der Waals surface area contributed by atoms with Crippen molar-refractivity contribution in [1.82, 2.24) is 0 Å². The van der Waals surface area contributed by atoms with E-state index in [1.54, 1.807) is 0 Å². The highest BCUT2D eigenvalue weighted by molar-refractivity contribution is 4.77. The molecule has 0 N–H and O–H groups in total. The molecule has 0 aromatic heterocycles. The normalized spacial score (nSPS) is 45.0. The quantitative estimate of drug-likeness (QED) is 0.419. The van der Waals surface area contributed by atoms with Gasteiger partial charge in [0.2, 0.25) is 0 Å². The van der Waals surface area contributed by atoms with Crippen molar-refractivity contribution < 1.29 is 0 Å². The lowest BCUT2D eigenvalue weighted by Crippen LogP contribution is -2.19. The number of hydrogen-bond acceptors (Lipinski definition) is 0. The summed E-state index contributed by atoms with van der Waals surface area (Å²) in [6, 6.07) is 0. The zero-order valence-electron chi connectivity index (χ0n) is 4.28. The Bertz CT molecular complexity index is 40.0. The Hall–Kier alpha value is 0. The maximum Gasteiger partial charge on any atom is -0.0388 e. The standard InChI is InChI=1S/C6H11/c1-5-3-4-6(5)2/h5-6H,1,3-4H2,2H3/t5-,6+/m0/s1. The van der Waals surface area contributed by atoms with Gasteiger partial charge in [-0.15, -0.1) is 0 Å². The monoisotopic (exact) mass is 83.1 g/mol. The zero-order valence-corrected chi connectivity index (χ0v) is 4.28. The molecule has 0 nitrogen and oxygen atoms in total. The molecule has 35 valence electrons. The summed E-state index contributed by atoms with van der Waals surface area (Å²) in [5.41, 5.74) is 0. The van der Waals surface area contributed by atoms with Gasteiger partial charge < -0.3 is 0 Å². The van der Waals surface area contributed by atoms with Gasteiger partial charge in [0, 0.05) is 0 Å². The lowest BCUT2D eigenvalue weighted by atomic mass is 9.77. The van der Waals surface area contributed by atoms with E-state index in [0.29, 0.717) is 0 Å². The lowest BCUT2D eigenvalue weighted by molar-refractivity contribution is 0.248. The topological polar surface area (TPSA) is 0 Å². The van der Waals surface area contributed by atoms with E-state index >= 15 is 0 Å². The number of hydrogen-bond donors (Lipinski definition) is 0. The van der Waals surface area contributed by atoms with Crippen molar-refractivity contribution in [3.63, 3.8) is 0 Å². The third kappa shape index (κ3) is 0.444. The summed E-state index contributed by atoms with van der Waals surface area (Å²) in [6.45, 7) is 6.19. The molecule has 6 heavy (non-hydrogen) atoms. The Morgan fingerprint density at radius 2 is 2.00 bits per heavy atom. The first-order chi connectivity index (χ1) is 2.80. The molecule has 1 rings (SSSR count). The van der Waals surface area contributed by atoms with Crippen LogP contribution >= 0.6 is 0 Å². The molecule has 1 saturated carbocycles. The van der Waals surface area contributed by atoms with Crippen molar-refractivity contribution in [1.29, 1.82) is 0 Å². The molecule has 0 aromatic carbocycles. The minimum absolute atomic E-state index is 0.782. The Morgan fingerprint density at radius 1 is 1.50 bits per heavy atom. The van der Waals surface area contributed by atoms with Crippen molar-refractivity contribution in [2.45, 2.75) is 19.8 Å². The van der Waals surface area contributed by atoms with Crippen LogP contribution in [0.25, 0.3) is 0 Å². The van der Waals surface area contributed by atoms with Crippen LogP contribution < -0.4 is 0 Å². The van der Waals surface area contributed by atoms with Crippen molar-refractivity contribution in [3.05, 3.63) is 6.92 Å². The zero-order chi connectivity index (χ0) is 4.57. The average molecular weight is 83.2 g/mol. The van der Waals surface area contributed by atoms with E-state index in [1.807, 2.05) is 0 Å². The first-order valence-corrected chi connectivity index (χ1v) is 2.64. The highest BCUT2D eigenvalue weighted by Gasteiger charge is 2.20. The molecular formula is C6H11. The van der Waals surface area contributed by atoms with Crippen LogP contribution in [0.3, 0.4) is 0 Å². The summed E-state index contributed by atoms with van der Waals surface area (Å²) in [6.07, 6.45) is 2.77. The summed E-state index contributed by atoms with van der Waals surface area (Å²) in [5.74, 6) is 1.70. The van der Waals surface area contributed by atoms with Gasteiger partial charge in [-0.05, 0) is 25.2 Å². The minimum atomic E-state index is 0.782. The van der Waals surface area contributed by atoms with Crippen LogP contribution in [0.5, 0.6) is 0 Å². The molecule has 0 bridgehead atoms. The van der Waals surface area contributed by atoms with Gasteiger partial charge in [0.25, 0.3) is 0 Å². The predicted molar refractivity (Wildman–Crippen MR) is 27.2 cm³/mol. The first kappa shape index (κ1) is 4.17. The Morgan fingerprint density at radius 3 is 2.00 bits per heavy atom. The summed E-state index contributed by atoms with van der Waals surface area (Å²) < 4.78 is 0. The lowest BCUT2D eigenvalue weighted by Gasteiger charge is -2.29. The molecule has 0 amide bonds. The first-order valence-electron chi connectivity index (χ1n) is 2.64. The van der Waals surface area contributed by atoms with Gasteiger partial charge in [-0.25, -0.2) is 0 Å². The van der Waals surface area contributed by atoms with Gasteiger partial charge in [0.15, 0.2) is 0 Å². The summed E-state index contributed by atoms with van der Waals surface area (Å²) in [5, 5.41) is 0. The smallest absolute Gasteiger partial charge is 0.0388 e. The van der Waals surface area contributed by atoms with Crippen LogP contribution in [0.15, 0.2) is 0 Å². The molecule has 0 spiro atoms. The van der Waals surface area contributed by atoms with Gasteiger partial charge in [-0.1, -0.05) is 13.3 Å². The largest absolute Gasteiger partial charge is 0.0622 e. The molecule has 0 heterocycles. The fourth-order valence-electron chi connectivity index (χ4n) is 0.736. The van der Waals surface area contributed by atoms with E-state index < -0.39 is 0 Å². The second kappa shape index (κ2) is 1.25. The number of rotatable bonds is 0. The van der Waals surface area contributed by atoms with Crippen molar-refractivity contribution >= 4 is 0 Å². The van der Waals surface area contributed by atoms with E-state index in [0.717, 1.165) is 11.8 Å². The molecule has 0 aliphatic heterocycles. The van der Waals surface area contributed by atoms with Crippen LogP contribution in [0.1, 0.15) is 19.8 Å². The average Bonchev–Trinajstić information content (AvgIpc) is 1.61. The fraction of sp³-hybridized carbons (Fsp3) is 0.833. The summed E-state index contributed by atoms with van der Waals surface area (Å²) in [4.78, 5) is 0. The van der Waals surface area contributed by atoms with E-state index in [4.69, 9.17) is 0 Å². The third-order valence-electron chi connectivity index (χ3n) is 1.80. The van der Waals surface area contributed by atoms with Gasteiger partial charge in [0.1, 0.15) is 0 Å². The second-order valence-electron chi connectivity index (χ2n) is 2.31. The minimum Gasteiger partial charge on any atom is -0.0622 e. The molecule has 1 aliphatic rings. The molecule has 0 heteroatoms. The Kier molecular flexibility index (Phi) is 0.868. The second-order valence-corrected chi connectivity index (χ2v) is 2.31. The molecule has 0 aromatic rings. The maximum absolute atomic E-state index is 3.92. The molecule has 2 atom stereocenters. The highest BCUT2D eigenvalue weighted by Crippen LogP contribution is 2.31. The summed E-state index contributed by atoms with van der Waals surface area (Å²) in [7, 11) is 0. The Labute approximate surface area is 39.6 Å². The highest BCUT2D eigenvalue weighted by atomic mass is 14.3. The molecule has 0 saturated heterocycles. The Balaban J connectivity index is 2.20. The van der Waals surface area contributed by atoms with E-state index in [-0.39, 0.29) is 0 Å². The molecular weight excluding hydrogens is 72.1 g/mol. The van der Waals surface area contributed by atoms with Crippen LogP contribution in [0.2, 0.25) is 0 Å². The van der Waals surface area contributed by atoms with Gasteiger partial charge in [-0.3, -0.25) is 0 Å². The fourth-order valence-corrected chi connectivity index (χ4v) is 0.736. The van der Waals surface area contributed by atoms with Crippen molar-refractivity contribution in [3.8, 4) is 0 Å². The molecule has 1 fully saturated rings. The van der Waals surface area contributed by atoms with Gasteiger partial charge in [-0.2, -0.15) is 0 Å². The predicted octanol–water partition coefficient (Wildman–Crippen LogP) is 1.87. The van der Waals surface area contributed by atoms with Crippen LogP contribution in [0, 0.1) is 18.8 Å². The van der Waals surface area contributed by atoms with E-state index in [1.165, 1.54) is 12.8 Å². The summed E-state index contributed by atoms with van der Waals surface area (Å²) >= 11 is 0. The molecule has 1 radical (unpaired) electrons. The van der Waals surface area contributed by atoms with Crippen LogP contribution in [0.4, 0.5) is 0 Å². The van der Waals surface area contributed by atoms with E-state index in [9.17, 15) is 0 Å². The van der Waals surface area contributed by atoms with Crippen LogP contribution in [-0.4, -0.2) is 0 Å². The molecule has 1 aliphatic carbocycles. The SMILES string of the molecule is [CH2][C@H]1CC[C@H]1C.